The first kappa shape index (κ1) is 15.0. The minimum absolute atomic E-state index is 0.298. The smallest absolute Gasteiger partial charge is 0.259 e. The van der Waals surface area contributed by atoms with Crippen LogP contribution in [0.3, 0.4) is 0 Å². The van der Waals surface area contributed by atoms with Crippen molar-refractivity contribution in [3.8, 4) is 11.5 Å². The van der Waals surface area contributed by atoms with Crippen LogP contribution in [0.4, 0.5) is 5.69 Å². The van der Waals surface area contributed by atoms with E-state index in [4.69, 9.17) is 16.3 Å². The van der Waals surface area contributed by atoms with E-state index in [9.17, 15) is 4.79 Å². The molecule has 3 aromatic rings. The Kier molecular flexibility index (Phi) is 4.49. The number of aromatic nitrogens is 2. The number of hydrogen-bond acceptors (Lipinski definition) is 4. The summed E-state index contributed by atoms with van der Waals surface area (Å²) < 4.78 is 5.73. The Hall–Kier alpha value is -2.92. The molecule has 0 radical (unpaired) electrons. The predicted octanol–water partition coefficient (Wildman–Crippen LogP) is 4.17. The van der Waals surface area contributed by atoms with E-state index < -0.39 is 0 Å². The highest BCUT2D eigenvalue weighted by Crippen LogP contribution is 2.25. The molecule has 5 nitrogen and oxygen atoms in total. The van der Waals surface area contributed by atoms with Crippen LogP contribution in [0.2, 0.25) is 5.15 Å². The summed E-state index contributed by atoms with van der Waals surface area (Å²) in [5, 5.41) is 3.12. The molecule has 23 heavy (non-hydrogen) atoms. The largest absolute Gasteiger partial charge is 0.455 e. The number of rotatable bonds is 4. The van der Waals surface area contributed by atoms with Gasteiger partial charge < -0.3 is 10.1 Å². The highest BCUT2D eigenvalue weighted by Gasteiger charge is 2.13. The van der Waals surface area contributed by atoms with Gasteiger partial charge in [0.15, 0.2) is 0 Å². The Morgan fingerprint density at radius 1 is 1.04 bits per heavy atom. The lowest BCUT2D eigenvalue weighted by Crippen LogP contribution is -2.13. The van der Waals surface area contributed by atoms with Crippen molar-refractivity contribution in [3.63, 3.8) is 0 Å². The van der Waals surface area contributed by atoms with Gasteiger partial charge in [-0.1, -0.05) is 23.7 Å². The van der Waals surface area contributed by atoms with E-state index in [0.717, 1.165) is 0 Å². The Balaban J connectivity index is 1.82. The number of anilines is 1. The topological polar surface area (TPSA) is 64.1 Å². The van der Waals surface area contributed by atoms with Crippen LogP contribution >= 0.6 is 11.6 Å². The first-order valence-corrected chi connectivity index (χ1v) is 7.20. The monoisotopic (exact) mass is 325 g/mol. The van der Waals surface area contributed by atoms with E-state index in [2.05, 4.69) is 15.3 Å². The fourth-order valence-electron chi connectivity index (χ4n) is 1.93. The van der Waals surface area contributed by atoms with Crippen LogP contribution in [-0.4, -0.2) is 15.9 Å². The fraction of sp³-hybridized carbons (Fsp3) is 0. The van der Waals surface area contributed by atoms with Gasteiger partial charge in [0.2, 0.25) is 0 Å². The summed E-state index contributed by atoms with van der Waals surface area (Å²) in [5.74, 6) is 0.703. The van der Waals surface area contributed by atoms with Crippen molar-refractivity contribution in [1.82, 2.24) is 9.97 Å². The van der Waals surface area contributed by atoms with Crippen molar-refractivity contribution >= 4 is 23.2 Å². The van der Waals surface area contributed by atoms with Crippen LogP contribution < -0.4 is 10.1 Å². The predicted molar refractivity (Wildman–Crippen MR) is 88.0 cm³/mol. The number of ether oxygens (including phenoxy) is 1. The molecule has 0 unspecified atom stereocenters. The maximum absolute atomic E-state index is 12.4. The minimum Gasteiger partial charge on any atom is -0.455 e. The van der Waals surface area contributed by atoms with E-state index in [1.54, 1.807) is 60.9 Å². The van der Waals surface area contributed by atoms with E-state index in [1.807, 2.05) is 0 Å². The second kappa shape index (κ2) is 6.89. The summed E-state index contributed by atoms with van der Waals surface area (Å²) in [5.41, 5.74) is 0.960. The zero-order chi connectivity index (χ0) is 16.1. The van der Waals surface area contributed by atoms with Gasteiger partial charge in [-0.05, 0) is 36.4 Å². The van der Waals surface area contributed by atoms with Crippen molar-refractivity contribution in [3.05, 3.63) is 77.8 Å². The van der Waals surface area contributed by atoms with Gasteiger partial charge in [0, 0.05) is 6.20 Å². The Morgan fingerprint density at radius 2 is 1.91 bits per heavy atom. The second-order valence-electron chi connectivity index (χ2n) is 4.61. The molecule has 2 heterocycles. The summed E-state index contributed by atoms with van der Waals surface area (Å²) in [6.45, 7) is 0. The number of nitrogens with zero attached hydrogens (tertiary/aromatic N) is 2. The van der Waals surface area contributed by atoms with Gasteiger partial charge in [-0.25, -0.2) is 4.98 Å². The molecule has 0 fully saturated rings. The molecule has 0 aliphatic rings. The van der Waals surface area contributed by atoms with Gasteiger partial charge in [-0.15, -0.1) is 0 Å². The number of carbonyl (C=O) groups is 1. The molecule has 3 rings (SSSR count). The molecule has 0 aliphatic carbocycles. The second-order valence-corrected chi connectivity index (χ2v) is 5.00. The van der Waals surface area contributed by atoms with E-state index in [1.165, 1.54) is 6.20 Å². The number of para-hydroxylation sites is 1. The number of nitrogens with one attached hydrogen (secondary N) is 1. The van der Waals surface area contributed by atoms with Crippen LogP contribution in [0.1, 0.15) is 10.4 Å². The van der Waals surface area contributed by atoms with Crippen molar-refractivity contribution in [1.29, 1.82) is 0 Å². The molecule has 1 aromatic carbocycles. The van der Waals surface area contributed by atoms with Gasteiger partial charge >= 0.3 is 0 Å². The van der Waals surface area contributed by atoms with E-state index in [-0.39, 0.29) is 5.91 Å². The molecule has 1 N–H and O–H groups in total. The maximum atomic E-state index is 12.4. The molecule has 6 heteroatoms. The van der Waals surface area contributed by atoms with Crippen molar-refractivity contribution in [2.45, 2.75) is 0 Å². The molecule has 114 valence electrons. The normalized spacial score (nSPS) is 10.1. The lowest BCUT2D eigenvalue weighted by molar-refractivity contribution is 0.102. The molecular formula is C17H12ClN3O2. The van der Waals surface area contributed by atoms with Gasteiger partial charge in [0.25, 0.3) is 5.91 Å². The molecule has 2 aromatic heterocycles. The number of benzene rings is 1. The Labute approximate surface area is 137 Å². The first-order valence-electron chi connectivity index (χ1n) is 6.82. The van der Waals surface area contributed by atoms with Crippen LogP contribution in [0.5, 0.6) is 11.5 Å². The molecule has 0 aliphatic heterocycles. The SMILES string of the molecule is O=C(Nc1ccc(Cl)nc1)c1ccccc1Oc1cccnc1. The van der Waals surface area contributed by atoms with Crippen molar-refractivity contribution < 1.29 is 9.53 Å². The number of amides is 1. The average Bonchev–Trinajstić information content (AvgIpc) is 2.58. The maximum Gasteiger partial charge on any atom is 0.259 e. The van der Waals surface area contributed by atoms with Gasteiger partial charge in [0.05, 0.1) is 23.6 Å². The highest BCUT2D eigenvalue weighted by molar-refractivity contribution is 6.29. The summed E-state index contributed by atoms with van der Waals surface area (Å²) >= 11 is 5.73. The zero-order valence-corrected chi connectivity index (χ0v) is 12.7. The molecule has 0 atom stereocenters. The van der Waals surface area contributed by atoms with Crippen molar-refractivity contribution in [2.75, 3.05) is 5.32 Å². The quantitative estimate of drug-likeness (QED) is 0.731. The standard InChI is InChI=1S/C17H12ClN3O2/c18-16-8-7-12(10-20-16)21-17(22)14-5-1-2-6-15(14)23-13-4-3-9-19-11-13/h1-11H,(H,21,22). The molecule has 0 saturated carbocycles. The molecule has 0 saturated heterocycles. The lowest BCUT2D eigenvalue weighted by Gasteiger charge is -2.11. The molecule has 0 bridgehead atoms. The minimum atomic E-state index is -0.298. The molecule has 0 spiro atoms. The van der Waals surface area contributed by atoms with Crippen LogP contribution in [0.15, 0.2) is 67.1 Å². The van der Waals surface area contributed by atoms with Gasteiger partial charge in [0.1, 0.15) is 16.7 Å². The lowest BCUT2D eigenvalue weighted by atomic mass is 10.2. The van der Waals surface area contributed by atoms with E-state index >= 15 is 0 Å². The number of hydrogen-bond donors (Lipinski definition) is 1. The summed E-state index contributed by atoms with van der Waals surface area (Å²) in [4.78, 5) is 20.4. The number of carbonyl (C=O) groups excluding carboxylic acids is 1. The Morgan fingerprint density at radius 3 is 2.65 bits per heavy atom. The summed E-state index contributed by atoms with van der Waals surface area (Å²) in [6, 6.07) is 13.8. The number of pyridine rings is 2. The van der Waals surface area contributed by atoms with Gasteiger partial charge in [-0.3, -0.25) is 9.78 Å². The summed E-state index contributed by atoms with van der Waals surface area (Å²) in [6.07, 6.45) is 4.72. The van der Waals surface area contributed by atoms with Crippen LogP contribution in [-0.2, 0) is 0 Å². The van der Waals surface area contributed by atoms with Crippen LogP contribution in [0.25, 0.3) is 0 Å². The van der Waals surface area contributed by atoms with E-state index in [0.29, 0.717) is 27.9 Å². The van der Waals surface area contributed by atoms with Crippen LogP contribution in [0, 0.1) is 0 Å². The average molecular weight is 326 g/mol. The fourth-order valence-corrected chi connectivity index (χ4v) is 2.04. The third-order valence-corrected chi connectivity index (χ3v) is 3.20. The van der Waals surface area contributed by atoms with Gasteiger partial charge in [-0.2, -0.15) is 0 Å². The molecular weight excluding hydrogens is 314 g/mol. The highest BCUT2D eigenvalue weighted by atomic mass is 35.5. The van der Waals surface area contributed by atoms with Crippen molar-refractivity contribution in [2.24, 2.45) is 0 Å². The summed E-state index contributed by atoms with van der Waals surface area (Å²) in [7, 11) is 0. The zero-order valence-electron chi connectivity index (χ0n) is 11.9. The first-order chi connectivity index (χ1) is 11.2. The third-order valence-electron chi connectivity index (χ3n) is 2.98. The Bertz CT molecular complexity index is 808. The molecule has 1 amide bonds. The number of halogens is 1. The third kappa shape index (κ3) is 3.84.